The molecule has 3 N–H and O–H groups in total. The van der Waals surface area contributed by atoms with Gasteiger partial charge in [0.15, 0.2) is 0 Å². The third-order valence-electron chi connectivity index (χ3n) is 3.52. The number of rotatable bonds is 5. The van der Waals surface area contributed by atoms with Crippen LogP contribution >= 0.6 is 0 Å². The Hall–Kier alpha value is -1.47. The Labute approximate surface area is 124 Å². The van der Waals surface area contributed by atoms with Gasteiger partial charge in [-0.1, -0.05) is 20.8 Å². The average Bonchev–Trinajstić information content (AvgIpc) is 2.37. The molecule has 5 nitrogen and oxygen atoms in total. The van der Waals surface area contributed by atoms with Crippen LogP contribution in [-0.2, 0) is 10.0 Å². The molecule has 1 rings (SSSR count). The fraction of sp³-hybridized carbons (Fsp3) is 0.500. The van der Waals surface area contributed by atoms with Crippen LogP contribution < -0.4 is 10.5 Å². The van der Waals surface area contributed by atoms with E-state index in [2.05, 4.69) is 5.32 Å². The van der Waals surface area contributed by atoms with Crippen LogP contribution in [0.3, 0.4) is 0 Å². The number of nitrogens with one attached hydrogen (secondary N) is 1. The summed E-state index contributed by atoms with van der Waals surface area (Å²) < 4.78 is 36.7. The zero-order valence-electron chi connectivity index (χ0n) is 12.6. The summed E-state index contributed by atoms with van der Waals surface area (Å²) in [5.74, 6) is -0.794. The number of halogens is 1. The molecule has 0 aromatic heterocycles. The lowest BCUT2D eigenvalue weighted by Crippen LogP contribution is -2.31. The Bertz CT molecular complexity index is 642. The lowest BCUT2D eigenvalue weighted by atomic mass is 9.98. The van der Waals surface area contributed by atoms with Crippen molar-refractivity contribution in [3.8, 4) is 0 Å². The second kappa shape index (κ2) is 6.53. The van der Waals surface area contributed by atoms with Crippen LogP contribution in [0.25, 0.3) is 0 Å². The fourth-order valence-electron chi connectivity index (χ4n) is 1.65. The van der Waals surface area contributed by atoms with Crippen molar-refractivity contribution in [1.82, 2.24) is 5.32 Å². The molecule has 7 heteroatoms. The zero-order chi connectivity index (χ0) is 16.4. The highest BCUT2D eigenvalue weighted by Crippen LogP contribution is 2.18. The molecule has 0 aliphatic carbocycles. The molecule has 0 saturated carbocycles. The van der Waals surface area contributed by atoms with Crippen molar-refractivity contribution < 1.29 is 17.6 Å². The lowest BCUT2D eigenvalue weighted by Gasteiger charge is -2.16. The van der Waals surface area contributed by atoms with Crippen LogP contribution in [-0.4, -0.2) is 20.9 Å². The molecule has 1 aromatic carbocycles. The highest BCUT2D eigenvalue weighted by Gasteiger charge is 2.20. The van der Waals surface area contributed by atoms with Crippen LogP contribution in [0.4, 0.5) is 4.39 Å². The predicted molar refractivity (Wildman–Crippen MR) is 78.8 cm³/mol. The van der Waals surface area contributed by atoms with Crippen LogP contribution in [0.2, 0.25) is 0 Å². The molecule has 1 atom stereocenters. The van der Waals surface area contributed by atoms with Gasteiger partial charge in [0.1, 0.15) is 5.82 Å². The van der Waals surface area contributed by atoms with Crippen LogP contribution in [0, 0.1) is 24.6 Å². The van der Waals surface area contributed by atoms with Gasteiger partial charge >= 0.3 is 0 Å². The number of nitrogens with two attached hydrogens (primary N) is 1. The second-order valence-corrected chi connectivity index (χ2v) is 7.14. The van der Waals surface area contributed by atoms with Gasteiger partial charge in [-0.3, -0.25) is 4.79 Å². The molecule has 0 aliphatic rings. The Balaban J connectivity index is 3.07. The zero-order valence-corrected chi connectivity index (χ0v) is 13.4. The summed E-state index contributed by atoms with van der Waals surface area (Å²) in [6, 6.07) is 2.07. The molecule has 1 aromatic rings. The SMILES string of the molecule is Cc1cc(S(N)(=O)=O)cc(C(=O)NCC(C)C(C)C)c1F. The first-order valence-electron chi connectivity index (χ1n) is 6.65. The van der Waals surface area contributed by atoms with Crippen LogP contribution in [0.5, 0.6) is 0 Å². The minimum atomic E-state index is -3.99. The van der Waals surface area contributed by atoms with E-state index < -0.39 is 21.7 Å². The molecular weight excluding hydrogens is 295 g/mol. The van der Waals surface area contributed by atoms with Gasteiger partial charge in [-0.15, -0.1) is 0 Å². The normalized spacial score (nSPS) is 13.3. The number of benzene rings is 1. The van der Waals surface area contributed by atoms with Crippen LogP contribution in [0.1, 0.15) is 36.7 Å². The number of primary sulfonamides is 1. The van der Waals surface area contributed by atoms with Crippen molar-refractivity contribution in [2.45, 2.75) is 32.6 Å². The lowest BCUT2D eigenvalue weighted by molar-refractivity contribution is 0.0940. The maximum Gasteiger partial charge on any atom is 0.254 e. The maximum atomic E-state index is 14.0. The van der Waals surface area contributed by atoms with E-state index in [0.717, 1.165) is 12.1 Å². The summed E-state index contributed by atoms with van der Waals surface area (Å²) in [5.41, 5.74) is -0.251. The highest BCUT2D eigenvalue weighted by molar-refractivity contribution is 7.89. The Kier molecular flexibility index (Phi) is 5.47. The first-order chi connectivity index (χ1) is 9.54. The second-order valence-electron chi connectivity index (χ2n) is 5.58. The molecule has 0 radical (unpaired) electrons. The number of hydrogen-bond donors (Lipinski definition) is 2. The number of sulfonamides is 1. The number of amides is 1. The van der Waals surface area contributed by atoms with E-state index >= 15 is 0 Å². The topological polar surface area (TPSA) is 89.3 Å². The first kappa shape index (κ1) is 17.6. The number of carbonyl (C=O) groups excluding carboxylic acids is 1. The van der Waals surface area contributed by atoms with Crippen LogP contribution in [0.15, 0.2) is 17.0 Å². The van der Waals surface area contributed by atoms with E-state index in [-0.39, 0.29) is 21.9 Å². The Morgan fingerprint density at radius 1 is 1.33 bits per heavy atom. The van der Waals surface area contributed by atoms with Crippen molar-refractivity contribution in [1.29, 1.82) is 0 Å². The van der Waals surface area contributed by atoms with Gasteiger partial charge in [-0.2, -0.15) is 0 Å². The molecule has 1 amide bonds. The molecule has 118 valence electrons. The third kappa shape index (κ3) is 4.50. The van der Waals surface area contributed by atoms with E-state index in [4.69, 9.17) is 5.14 Å². The van der Waals surface area contributed by atoms with Gasteiger partial charge in [-0.25, -0.2) is 17.9 Å². The molecule has 0 heterocycles. The average molecular weight is 316 g/mol. The molecular formula is C14H21FN2O3S. The van der Waals surface area contributed by atoms with Crippen molar-refractivity contribution >= 4 is 15.9 Å². The minimum Gasteiger partial charge on any atom is -0.352 e. The molecule has 0 aliphatic heterocycles. The number of aryl methyl sites for hydroxylation is 1. The third-order valence-corrected chi connectivity index (χ3v) is 4.42. The number of hydrogen-bond acceptors (Lipinski definition) is 3. The van der Waals surface area contributed by atoms with Gasteiger partial charge in [-0.05, 0) is 36.5 Å². The largest absolute Gasteiger partial charge is 0.352 e. The molecule has 0 fully saturated rings. The van der Waals surface area contributed by atoms with Gasteiger partial charge in [0, 0.05) is 6.54 Å². The highest BCUT2D eigenvalue weighted by atomic mass is 32.2. The van der Waals surface area contributed by atoms with Crippen molar-refractivity contribution in [3.63, 3.8) is 0 Å². The standard InChI is InChI=1S/C14H21FN2O3S/c1-8(2)10(4)7-17-14(18)12-6-11(21(16,19)20)5-9(3)13(12)15/h5-6,8,10H,7H2,1-4H3,(H,17,18)(H2,16,19,20). The Morgan fingerprint density at radius 3 is 2.38 bits per heavy atom. The smallest absolute Gasteiger partial charge is 0.254 e. The molecule has 1 unspecified atom stereocenters. The first-order valence-corrected chi connectivity index (χ1v) is 8.19. The van der Waals surface area contributed by atoms with Gasteiger partial charge in [0.05, 0.1) is 10.5 Å². The number of carbonyl (C=O) groups is 1. The fourth-order valence-corrected chi connectivity index (χ4v) is 2.27. The molecule has 0 spiro atoms. The maximum absolute atomic E-state index is 14.0. The Morgan fingerprint density at radius 2 is 1.90 bits per heavy atom. The quantitative estimate of drug-likeness (QED) is 0.868. The summed E-state index contributed by atoms with van der Waals surface area (Å²) >= 11 is 0. The minimum absolute atomic E-state index is 0.0589. The summed E-state index contributed by atoms with van der Waals surface area (Å²) in [6.07, 6.45) is 0. The van der Waals surface area contributed by atoms with E-state index in [9.17, 15) is 17.6 Å². The van der Waals surface area contributed by atoms with E-state index in [0.29, 0.717) is 12.5 Å². The van der Waals surface area contributed by atoms with Crippen molar-refractivity contribution in [2.75, 3.05) is 6.54 Å². The summed E-state index contributed by atoms with van der Waals surface area (Å²) in [6.45, 7) is 7.77. The summed E-state index contributed by atoms with van der Waals surface area (Å²) in [7, 11) is -3.99. The monoisotopic (exact) mass is 316 g/mol. The van der Waals surface area contributed by atoms with Crippen molar-refractivity contribution in [2.24, 2.45) is 17.0 Å². The molecule has 0 bridgehead atoms. The van der Waals surface area contributed by atoms with Gasteiger partial charge in [0.2, 0.25) is 10.0 Å². The van der Waals surface area contributed by atoms with E-state index in [1.165, 1.54) is 6.92 Å². The van der Waals surface area contributed by atoms with Gasteiger partial charge in [0.25, 0.3) is 5.91 Å². The molecule has 0 saturated heterocycles. The van der Waals surface area contributed by atoms with E-state index in [1.54, 1.807) is 0 Å². The predicted octanol–water partition coefficient (Wildman–Crippen LogP) is 1.80. The summed E-state index contributed by atoms with van der Waals surface area (Å²) in [4.78, 5) is 11.8. The van der Waals surface area contributed by atoms with Gasteiger partial charge < -0.3 is 5.32 Å². The van der Waals surface area contributed by atoms with Crippen molar-refractivity contribution in [3.05, 3.63) is 29.1 Å². The van der Waals surface area contributed by atoms with E-state index in [1.807, 2.05) is 20.8 Å². The molecule has 21 heavy (non-hydrogen) atoms. The summed E-state index contributed by atoms with van der Waals surface area (Å²) in [5, 5.41) is 7.64.